The number of rotatable bonds is 0. The second-order valence-electron chi connectivity index (χ2n) is 2.28. The van der Waals surface area contributed by atoms with Gasteiger partial charge in [0.15, 0.2) is 0 Å². The predicted octanol–water partition coefficient (Wildman–Crippen LogP) is -1.78. The highest BCUT2D eigenvalue weighted by Crippen LogP contribution is 1.77. The lowest BCUT2D eigenvalue weighted by Crippen LogP contribution is -2.28. The van der Waals surface area contributed by atoms with Crippen LogP contribution >= 0.6 is 0 Å². The van der Waals surface area contributed by atoms with E-state index >= 15 is 0 Å². The molecule has 2 radical (unpaired) electrons. The number of anilines is 1. The molecule has 0 bridgehead atoms. The Morgan fingerprint density at radius 2 is 1.90 bits per heavy atom. The summed E-state index contributed by atoms with van der Waals surface area (Å²) < 4.78 is 1.77. The van der Waals surface area contributed by atoms with Crippen molar-refractivity contribution < 1.29 is 0 Å². The van der Waals surface area contributed by atoms with Crippen LogP contribution in [0.3, 0.4) is 0 Å². The van der Waals surface area contributed by atoms with Gasteiger partial charge < -0.3 is 10.3 Å². The fraction of sp³-hybridized carbons (Fsp3) is 0.143. The fourth-order valence-electron chi connectivity index (χ4n) is 0.835. The van der Waals surface area contributed by atoms with Crippen LogP contribution in [0.4, 0.5) is 5.69 Å². The summed E-state index contributed by atoms with van der Waals surface area (Å²) in [7, 11) is 7.39. The van der Waals surface area contributed by atoms with Gasteiger partial charge in [-0.25, -0.2) is 0 Å². The smallest absolute Gasteiger partial charge is 0.119 e. The zero-order valence-electron chi connectivity index (χ0n) is 6.02. The van der Waals surface area contributed by atoms with E-state index in [2.05, 4.69) is 13.2 Å². The van der Waals surface area contributed by atoms with Crippen LogP contribution in [0.1, 0.15) is 0 Å². The molecule has 0 spiro atoms. The molecule has 1 aromatic heterocycles. The number of aromatic nitrogens is 1. The lowest BCUT2D eigenvalue weighted by Gasteiger charge is -1.88. The number of nitrogens with two attached hydrogens (primary N) is 1. The average Bonchev–Trinajstić information content (AvgIpc) is 2.07. The highest BCUT2D eigenvalue weighted by Gasteiger charge is 1.99. The van der Waals surface area contributed by atoms with E-state index in [0.29, 0.717) is 11.2 Å². The van der Waals surface area contributed by atoms with E-state index in [0.717, 1.165) is 10.7 Å². The molecule has 1 aromatic rings. The molecule has 50 valence electrons. The van der Waals surface area contributed by atoms with Crippen LogP contribution in [0.2, 0.25) is 0 Å². The maximum absolute atomic E-state index is 5.56. The molecular formula is C7H9BN2. The molecule has 0 aliphatic carbocycles. The zero-order chi connectivity index (χ0) is 7.89. The third kappa shape index (κ3) is 0.669. The first kappa shape index (κ1) is 7.00. The summed E-state index contributed by atoms with van der Waals surface area (Å²) in [5, 5.41) is 1.45. The molecule has 2 nitrogen and oxygen atoms in total. The monoisotopic (exact) mass is 132 g/mol. The maximum atomic E-state index is 5.56. The first-order chi connectivity index (χ1) is 4.55. The van der Waals surface area contributed by atoms with Crippen molar-refractivity contribution >= 4 is 32.2 Å². The minimum atomic E-state index is 0.535. The van der Waals surface area contributed by atoms with Crippen molar-refractivity contribution in [2.75, 3.05) is 5.73 Å². The molecule has 0 saturated carbocycles. The Labute approximate surface area is 61.1 Å². The van der Waals surface area contributed by atoms with E-state index in [4.69, 9.17) is 13.6 Å². The lowest BCUT2D eigenvalue weighted by molar-refractivity contribution is 0.868. The Hall–Kier alpha value is -1.12. The summed E-state index contributed by atoms with van der Waals surface area (Å²) in [5.74, 6) is 0. The van der Waals surface area contributed by atoms with Gasteiger partial charge in [0, 0.05) is 18.1 Å². The molecule has 2 N–H and O–H groups in total. The van der Waals surface area contributed by atoms with E-state index < -0.39 is 0 Å². The van der Waals surface area contributed by atoms with Gasteiger partial charge in [0.1, 0.15) is 7.85 Å². The summed E-state index contributed by atoms with van der Waals surface area (Å²) in [6.45, 7) is 7.44. The Morgan fingerprint density at radius 3 is 2.00 bits per heavy atom. The number of hydrogen-bond donors (Lipinski definition) is 1. The molecule has 0 aromatic carbocycles. The van der Waals surface area contributed by atoms with E-state index in [9.17, 15) is 0 Å². The molecule has 0 fully saturated rings. The SMILES string of the molecule is [B]c1c(N)c(=C)n(C)c1=C. The zero-order valence-corrected chi connectivity index (χ0v) is 6.02. The molecule has 0 saturated heterocycles. The quantitative estimate of drug-likeness (QED) is 0.416. The van der Waals surface area contributed by atoms with E-state index in [-0.39, 0.29) is 0 Å². The van der Waals surface area contributed by atoms with Crippen molar-refractivity contribution in [2.45, 2.75) is 0 Å². The van der Waals surface area contributed by atoms with Crippen LogP contribution in [0.25, 0.3) is 13.2 Å². The van der Waals surface area contributed by atoms with Gasteiger partial charge in [0.25, 0.3) is 0 Å². The van der Waals surface area contributed by atoms with Crippen molar-refractivity contribution in [1.82, 2.24) is 4.57 Å². The van der Waals surface area contributed by atoms with Crippen molar-refractivity contribution in [2.24, 2.45) is 7.05 Å². The lowest BCUT2D eigenvalue weighted by atomic mass is 9.97. The third-order valence-corrected chi connectivity index (χ3v) is 1.72. The van der Waals surface area contributed by atoms with E-state index in [1.807, 2.05) is 7.05 Å². The summed E-state index contributed by atoms with van der Waals surface area (Å²) >= 11 is 0. The summed E-state index contributed by atoms with van der Waals surface area (Å²) in [6, 6.07) is 0. The van der Waals surface area contributed by atoms with Crippen LogP contribution < -0.4 is 21.9 Å². The van der Waals surface area contributed by atoms with Gasteiger partial charge in [-0.1, -0.05) is 13.2 Å². The van der Waals surface area contributed by atoms with E-state index in [1.54, 1.807) is 4.57 Å². The molecule has 0 atom stereocenters. The topological polar surface area (TPSA) is 30.9 Å². The third-order valence-electron chi connectivity index (χ3n) is 1.72. The van der Waals surface area contributed by atoms with Gasteiger partial charge in [-0.05, 0) is 5.46 Å². The molecule has 0 aliphatic heterocycles. The Balaban J connectivity index is 3.77. The highest BCUT2D eigenvalue weighted by molar-refractivity contribution is 6.35. The second kappa shape index (κ2) is 1.94. The molecule has 10 heavy (non-hydrogen) atoms. The predicted molar refractivity (Wildman–Crippen MR) is 45.5 cm³/mol. The standard InChI is InChI=1S/C7H9BN2/c1-4-6(8)7(9)5(2)10(4)3/h1-2,9H2,3H3. The Bertz CT molecular complexity index is 317. The Kier molecular flexibility index (Phi) is 1.36. The van der Waals surface area contributed by atoms with Gasteiger partial charge in [0.2, 0.25) is 0 Å². The van der Waals surface area contributed by atoms with Gasteiger partial charge in [-0.15, -0.1) is 0 Å². The fourth-order valence-corrected chi connectivity index (χ4v) is 0.835. The number of nitrogen functional groups attached to an aromatic ring is 1. The minimum Gasteiger partial charge on any atom is -0.397 e. The summed E-state index contributed by atoms with van der Waals surface area (Å²) in [5.41, 5.74) is 6.62. The first-order valence-corrected chi connectivity index (χ1v) is 2.93. The number of hydrogen-bond acceptors (Lipinski definition) is 1. The molecule has 1 heterocycles. The van der Waals surface area contributed by atoms with Crippen LogP contribution in [0.15, 0.2) is 0 Å². The number of nitrogens with zero attached hydrogens (tertiary/aromatic N) is 1. The molecule has 1 rings (SSSR count). The first-order valence-electron chi connectivity index (χ1n) is 2.93. The van der Waals surface area contributed by atoms with Crippen molar-refractivity contribution in [1.29, 1.82) is 0 Å². The highest BCUT2D eigenvalue weighted by atomic mass is 14.9. The largest absolute Gasteiger partial charge is 0.397 e. The molecule has 0 amide bonds. The average molecular weight is 132 g/mol. The molecule has 0 unspecified atom stereocenters. The maximum Gasteiger partial charge on any atom is 0.119 e. The minimum absolute atomic E-state index is 0.535. The van der Waals surface area contributed by atoms with Gasteiger partial charge >= 0.3 is 0 Å². The van der Waals surface area contributed by atoms with Crippen LogP contribution in [-0.4, -0.2) is 12.4 Å². The van der Waals surface area contributed by atoms with Crippen molar-refractivity contribution in [3.8, 4) is 0 Å². The summed E-state index contributed by atoms with van der Waals surface area (Å²) in [6.07, 6.45) is 0. The van der Waals surface area contributed by atoms with Gasteiger partial charge in [-0.3, -0.25) is 0 Å². The normalized spacial score (nSPS) is 10.1. The van der Waals surface area contributed by atoms with Gasteiger partial charge in [-0.2, -0.15) is 0 Å². The van der Waals surface area contributed by atoms with Gasteiger partial charge in [0.05, 0.1) is 5.35 Å². The van der Waals surface area contributed by atoms with Crippen molar-refractivity contribution in [3.63, 3.8) is 0 Å². The summed E-state index contributed by atoms with van der Waals surface area (Å²) in [4.78, 5) is 0. The second-order valence-corrected chi connectivity index (χ2v) is 2.28. The molecule has 3 heteroatoms. The van der Waals surface area contributed by atoms with Crippen molar-refractivity contribution in [3.05, 3.63) is 10.7 Å². The molecular weight excluding hydrogens is 123 g/mol. The van der Waals surface area contributed by atoms with E-state index in [1.165, 1.54) is 0 Å². The van der Waals surface area contributed by atoms with Crippen LogP contribution in [-0.2, 0) is 7.05 Å². The Morgan fingerprint density at radius 1 is 1.40 bits per heavy atom. The molecule has 0 aliphatic rings. The van der Waals surface area contributed by atoms with Crippen LogP contribution in [0.5, 0.6) is 0 Å². The van der Waals surface area contributed by atoms with Crippen LogP contribution in [0, 0.1) is 0 Å².